The number of ketones is 2. The summed E-state index contributed by atoms with van der Waals surface area (Å²) in [6.07, 6.45) is 3.67. The largest absolute Gasteiger partial charge is 0.504 e. The molecule has 0 saturated carbocycles. The van der Waals surface area contributed by atoms with Crippen LogP contribution in [0.25, 0.3) is 0 Å². The molecule has 1 N–H and O–H groups in total. The topological polar surface area (TPSA) is 129 Å². The van der Waals surface area contributed by atoms with Crippen LogP contribution in [0.3, 0.4) is 0 Å². The summed E-state index contributed by atoms with van der Waals surface area (Å²) in [6, 6.07) is 17.7. The summed E-state index contributed by atoms with van der Waals surface area (Å²) in [6.45, 7) is 1.60. The number of rotatable bonds is 6. The van der Waals surface area contributed by atoms with Crippen molar-refractivity contribution in [3.63, 3.8) is 0 Å². The number of Topliss-reactive ketones (excluding diaryl/α,β-unsaturated/α-hetero) is 1. The molecule has 0 bridgehead atoms. The highest BCUT2D eigenvalue weighted by Crippen LogP contribution is 2.57. The average molecular weight is 722 g/mol. The molecule has 1 heterocycles. The molecule has 49 heavy (non-hydrogen) atoms. The maximum Gasteiger partial charge on any atom is 0.238 e. The summed E-state index contributed by atoms with van der Waals surface area (Å²) in [5.41, 5.74) is 4.76. The van der Waals surface area contributed by atoms with Gasteiger partial charge in [-0.15, -0.1) is 0 Å². The van der Waals surface area contributed by atoms with Gasteiger partial charge in [0.2, 0.25) is 11.8 Å². The van der Waals surface area contributed by atoms with Crippen LogP contribution in [-0.2, 0) is 19.2 Å². The highest BCUT2D eigenvalue weighted by molar-refractivity contribution is 9.10. The first-order chi connectivity index (χ1) is 23.5. The minimum absolute atomic E-state index is 0.140. The number of hydrogen-bond acceptors (Lipinski definition) is 9. The van der Waals surface area contributed by atoms with Gasteiger partial charge in [0.1, 0.15) is 0 Å². The zero-order valence-corrected chi connectivity index (χ0v) is 28.9. The van der Waals surface area contributed by atoms with Gasteiger partial charge in [-0.3, -0.25) is 24.1 Å². The number of methoxy groups -OCH3 is 1. The van der Waals surface area contributed by atoms with Gasteiger partial charge < -0.3 is 14.7 Å². The van der Waals surface area contributed by atoms with Crippen LogP contribution in [-0.4, -0.2) is 49.7 Å². The number of halogens is 1. The van der Waals surface area contributed by atoms with Gasteiger partial charge in [-0.05, 0) is 92.4 Å². The third-order valence-corrected chi connectivity index (χ3v) is 10.4. The number of imide groups is 1. The molecule has 3 aromatic rings. The number of hydrogen-bond donors (Lipinski definition) is 1. The van der Waals surface area contributed by atoms with Crippen molar-refractivity contribution in [2.45, 2.75) is 25.7 Å². The Labute approximate surface area is 291 Å². The number of allylic oxidation sites excluding steroid dienone is 6. The molecule has 3 aromatic carbocycles. The SMILES string of the molecule is COc1cc(Br)cc(C2C3=CCC4C(=O)N(c5ccc(N=Nc6ccc(N(C)C)cc6)cc5)C(=O)C4C3CC3=C2C(=O)C(C)=CC3=O)c1O. The van der Waals surface area contributed by atoms with Crippen molar-refractivity contribution in [1.82, 2.24) is 0 Å². The van der Waals surface area contributed by atoms with E-state index in [0.717, 1.165) is 11.3 Å². The Morgan fingerprint density at radius 1 is 0.918 bits per heavy atom. The second kappa shape index (κ2) is 12.4. The van der Waals surface area contributed by atoms with E-state index in [2.05, 4.69) is 26.2 Å². The van der Waals surface area contributed by atoms with Gasteiger partial charge in [0.25, 0.3) is 0 Å². The number of aromatic hydroxyl groups is 1. The second-order valence-corrected chi connectivity index (χ2v) is 13.8. The van der Waals surface area contributed by atoms with Crippen LogP contribution in [0.5, 0.6) is 11.5 Å². The van der Waals surface area contributed by atoms with Crippen molar-refractivity contribution in [2.75, 3.05) is 31.0 Å². The molecular formula is C38H33BrN4O6. The lowest BCUT2D eigenvalue weighted by molar-refractivity contribution is -0.123. The molecule has 11 heteroatoms. The lowest BCUT2D eigenvalue weighted by Crippen LogP contribution is -2.39. The molecule has 1 saturated heterocycles. The Kier molecular flexibility index (Phi) is 8.18. The van der Waals surface area contributed by atoms with Gasteiger partial charge in [-0.1, -0.05) is 27.6 Å². The lowest BCUT2D eigenvalue weighted by atomic mass is 9.59. The van der Waals surface area contributed by atoms with Crippen LogP contribution in [0.2, 0.25) is 0 Å². The van der Waals surface area contributed by atoms with Gasteiger partial charge >= 0.3 is 0 Å². The number of anilines is 2. The Morgan fingerprint density at radius 3 is 2.20 bits per heavy atom. The first-order valence-corrected chi connectivity index (χ1v) is 16.7. The molecule has 10 nitrogen and oxygen atoms in total. The van der Waals surface area contributed by atoms with Crippen molar-refractivity contribution in [3.8, 4) is 11.5 Å². The fraction of sp³-hybridized carbons (Fsp3) is 0.263. The summed E-state index contributed by atoms with van der Waals surface area (Å²) in [5.74, 6) is -3.93. The van der Waals surface area contributed by atoms with E-state index >= 15 is 0 Å². The summed E-state index contributed by atoms with van der Waals surface area (Å²) >= 11 is 3.49. The smallest absolute Gasteiger partial charge is 0.238 e. The summed E-state index contributed by atoms with van der Waals surface area (Å²) < 4.78 is 6.03. The van der Waals surface area contributed by atoms with Crippen molar-refractivity contribution in [3.05, 3.63) is 105 Å². The quantitative estimate of drug-likeness (QED) is 0.123. The predicted octanol–water partition coefficient (Wildman–Crippen LogP) is 7.28. The molecule has 7 rings (SSSR count). The molecule has 248 valence electrons. The summed E-state index contributed by atoms with van der Waals surface area (Å²) in [5, 5.41) is 20.0. The molecule has 2 amide bonds. The van der Waals surface area contributed by atoms with Crippen molar-refractivity contribution in [2.24, 2.45) is 28.0 Å². The standard InChI is InChI=1S/C38H33BrN4O6/c1-19-15-30(44)28-18-27-25(32(34(28)35(19)45)29-16-20(39)17-31(49-4)36(29)46)13-14-26-33(27)38(48)43(37(26)47)24-11-7-22(8-12-24)41-40-21-5-9-23(10-6-21)42(2)3/h5-13,15-17,26-27,32-33,46H,14,18H2,1-4H3. The van der Waals surface area contributed by atoms with Gasteiger partial charge in [0, 0.05) is 52.5 Å². The molecule has 4 aliphatic rings. The molecule has 0 aromatic heterocycles. The lowest BCUT2D eigenvalue weighted by Gasteiger charge is -2.42. The van der Waals surface area contributed by atoms with E-state index in [1.165, 1.54) is 18.1 Å². The van der Waals surface area contributed by atoms with Crippen molar-refractivity contribution >= 4 is 62.1 Å². The maximum absolute atomic E-state index is 14.3. The van der Waals surface area contributed by atoms with Gasteiger partial charge in [-0.2, -0.15) is 10.2 Å². The van der Waals surface area contributed by atoms with E-state index in [-0.39, 0.29) is 47.7 Å². The highest BCUT2D eigenvalue weighted by Gasteiger charge is 2.57. The van der Waals surface area contributed by atoms with Crippen LogP contribution in [0.1, 0.15) is 31.2 Å². The number of azo groups is 1. The van der Waals surface area contributed by atoms with Gasteiger partial charge in [0.15, 0.2) is 23.1 Å². The molecule has 0 radical (unpaired) electrons. The van der Waals surface area contributed by atoms with Crippen LogP contribution in [0.4, 0.5) is 22.7 Å². The van der Waals surface area contributed by atoms with Crippen LogP contribution >= 0.6 is 15.9 Å². The molecule has 1 aliphatic heterocycles. The summed E-state index contributed by atoms with van der Waals surface area (Å²) in [4.78, 5) is 58.6. The molecule has 3 aliphatic carbocycles. The minimum atomic E-state index is -0.804. The van der Waals surface area contributed by atoms with E-state index in [1.807, 2.05) is 49.3 Å². The predicted molar refractivity (Wildman–Crippen MR) is 188 cm³/mol. The number of carbonyl (C=O) groups is 4. The van der Waals surface area contributed by atoms with E-state index in [4.69, 9.17) is 4.74 Å². The third kappa shape index (κ3) is 5.42. The molecule has 4 atom stereocenters. The zero-order valence-electron chi connectivity index (χ0n) is 27.3. The van der Waals surface area contributed by atoms with Crippen molar-refractivity contribution in [1.29, 1.82) is 0 Å². The Morgan fingerprint density at radius 2 is 1.57 bits per heavy atom. The van der Waals surface area contributed by atoms with E-state index < -0.39 is 23.7 Å². The van der Waals surface area contributed by atoms with E-state index in [0.29, 0.717) is 43.8 Å². The Hall–Kier alpha value is -5.16. The van der Waals surface area contributed by atoms with Crippen LogP contribution in [0.15, 0.2) is 110 Å². The number of nitrogens with zero attached hydrogens (tertiary/aromatic N) is 4. The maximum atomic E-state index is 14.3. The van der Waals surface area contributed by atoms with Crippen molar-refractivity contribution < 1.29 is 29.0 Å². The Bertz CT molecular complexity index is 2060. The fourth-order valence-corrected chi connectivity index (χ4v) is 8.00. The number of phenols is 1. The summed E-state index contributed by atoms with van der Waals surface area (Å²) in [7, 11) is 5.36. The number of fused-ring (bicyclic) bond motifs is 3. The number of benzene rings is 3. The monoisotopic (exact) mass is 720 g/mol. The van der Waals surface area contributed by atoms with Crippen LogP contribution in [0, 0.1) is 17.8 Å². The molecular weight excluding hydrogens is 688 g/mol. The normalized spacial score (nSPS) is 23.3. The van der Waals surface area contributed by atoms with Gasteiger partial charge in [0.05, 0.1) is 36.0 Å². The van der Waals surface area contributed by atoms with Gasteiger partial charge in [-0.25, -0.2) is 0 Å². The van der Waals surface area contributed by atoms with E-state index in [1.54, 1.807) is 43.3 Å². The molecule has 4 unspecified atom stereocenters. The number of amides is 2. The second-order valence-electron chi connectivity index (χ2n) is 12.9. The minimum Gasteiger partial charge on any atom is -0.504 e. The number of carbonyl (C=O) groups excluding carboxylic acids is 4. The number of phenolic OH excluding ortho intramolecular Hbond substituents is 1. The molecule has 0 spiro atoms. The Balaban J connectivity index is 1.22. The first kappa shape index (κ1) is 32.4. The number of ether oxygens (including phenoxy) is 1. The van der Waals surface area contributed by atoms with Crippen LogP contribution < -0.4 is 14.5 Å². The zero-order chi connectivity index (χ0) is 34.7. The average Bonchev–Trinajstić information content (AvgIpc) is 3.35. The third-order valence-electron chi connectivity index (χ3n) is 9.92. The fourth-order valence-electron chi connectivity index (χ4n) is 7.54. The first-order valence-electron chi connectivity index (χ1n) is 15.9. The molecule has 1 fully saturated rings. The highest BCUT2D eigenvalue weighted by atomic mass is 79.9. The van der Waals surface area contributed by atoms with E-state index in [9.17, 15) is 24.3 Å².